The summed E-state index contributed by atoms with van der Waals surface area (Å²) in [6.07, 6.45) is -3.99. The third-order valence-corrected chi connectivity index (χ3v) is 3.39. The Morgan fingerprint density at radius 1 is 1.52 bits per heavy atom. The van der Waals surface area contributed by atoms with Crippen LogP contribution in [0, 0.1) is 0 Å². The van der Waals surface area contributed by atoms with Crippen molar-refractivity contribution in [3.63, 3.8) is 0 Å². The Morgan fingerprint density at radius 3 is 2.71 bits per heavy atom. The molecular weight excluding hydrogens is 286 g/mol. The highest BCUT2D eigenvalue weighted by Gasteiger charge is 2.56. The van der Waals surface area contributed by atoms with Crippen molar-refractivity contribution in [2.75, 3.05) is 6.61 Å². The number of ether oxygens (including phenoxy) is 1. The molecule has 0 unspecified atom stereocenters. The van der Waals surface area contributed by atoms with Crippen molar-refractivity contribution >= 4 is 5.91 Å². The Hall–Kier alpha value is -2.01. The van der Waals surface area contributed by atoms with E-state index in [9.17, 15) is 29.7 Å². The first-order valence-electron chi connectivity index (χ1n) is 6.06. The fourth-order valence-electron chi connectivity index (χ4n) is 2.34. The molecule has 2 heterocycles. The number of hydrogen-bond donors (Lipinski definition) is 5. The topological polar surface area (TPSA) is 168 Å². The summed E-state index contributed by atoms with van der Waals surface area (Å²) in [6.45, 7) is -0.699. The number of H-pyrrole nitrogens is 1. The lowest BCUT2D eigenvalue weighted by atomic mass is 9.88. The smallest absolute Gasteiger partial charge is 0.330 e. The normalized spacial score (nSPS) is 32.2. The maximum Gasteiger partial charge on any atom is 0.330 e. The number of nitrogens with zero attached hydrogens (tertiary/aromatic N) is 1. The summed E-state index contributed by atoms with van der Waals surface area (Å²) in [5.74, 6) is -0.909. The highest BCUT2D eigenvalue weighted by atomic mass is 16.6. The lowest BCUT2D eigenvalue weighted by molar-refractivity contribution is -0.134. The number of aromatic amines is 1. The van der Waals surface area contributed by atoms with Gasteiger partial charge >= 0.3 is 5.69 Å². The minimum atomic E-state index is -2.14. The molecule has 1 saturated heterocycles. The van der Waals surface area contributed by atoms with E-state index in [-0.39, 0.29) is 0 Å². The molecule has 1 aliphatic rings. The van der Waals surface area contributed by atoms with Gasteiger partial charge < -0.3 is 25.8 Å². The SMILES string of the molecule is NC(=O)C[C@@]1(O)[C@@H](CO)O[C@@H](n2ccc(=O)[nH]c2=O)[C@@H]1O. The monoisotopic (exact) mass is 301 g/mol. The third-order valence-electron chi connectivity index (χ3n) is 3.39. The minimum Gasteiger partial charge on any atom is -0.394 e. The lowest BCUT2D eigenvalue weighted by Crippen LogP contribution is -2.51. The first kappa shape index (κ1) is 15.4. The van der Waals surface area contributed by atoms with E-state index in [1.54, 1.807) is 0 Å². The second kappa shape index (κ2) is 5.41. The van der Waals surface area contributed by atoms with Gasteiger partial charge in [0.05, 0.1) is 13.0 Å². The average molecular weight is 301 g/mol. The molecule has 0 radical (unpaired) electrons. The van der Waals surface area contributed by atoms with Gasteiger partial charge in [0.25, 0.3) is 5.56 Å². The van der Waals surface area contributed by atoms with Crippen LogP contribution in [-0.2, 0) is 9.53 Å². The number of rotatable bonds is 4. The third kappa shape index (κ3) is 2.61. The van der Waals surface area contributed by atoms with Crippen LogP contribution in [0.1, 0.15) is 12.6 Å². The van der Waals surface area contributed by atoms with Crippen molar-refractivity contribution in [2.45, 2.75) is 30.5 Å². The van der Waals surface area contributed by atoms with Crippen LogP contribution in [0.2, 0.25) is 0 Å². The van der Waals surface area contributed by atoms with E-state index in [4.69, 9.17) is 10.5 Å². The summed E-state index contributed by atoms with van der Waals surface area (Å²) in [6, 6.07) is 1.02. The van der Waals surface area contributed by atoms with Crippen LogP contribution in [0.15, 0.2) is 21.9 Å². The van der Waals surface area contributed by atoms with Crippen molar-refractivity contribution in [1.29, 1.82) is 0 Å². The van der Waals surface area contributed by atoms with Crippen LogP contribution < -0.4 is 17.0 Å². The zero-order chi connectivity index (χ0) is 15.8. The highest BCUT2D eigenvalue weighted by molar-refractivity contribution is 5.75. The summed E-state index contributed by atoms with van der Waals surface area (Å²) in [5, 5.41) is 29.7. The van der Waals surface area contributed by atoms with E-state index in [0.717, 1.165) is 16.8 Å². The molecule has 1 amide bonds. The van der Waals surface area contributed by atoms with E-state index in [1.807, 2.05) is 4.98 Å². The summed E-state index contributed by atoms with van der Waals surface area (Å²) >= 11 is 0. The van der Waals surface area contributed by atoms with Crippen molar-refractivity contribution in [3.8, 4) is 0 Å². The van der Waals surface area contributed by atoms with Crippen LogP contribution in [0.25, 0.3) is 0 Å². The van der Waals surface area contributed by atoms with Gasteiger partial charge in [-0.1, -0.05) is 0 Å². The molecule has 2 rings (SSSR count). The van der Waals surface area contributed by atoms with Crippen molar-refractivity contribution in [3.05, 3.63) is 33.1 Å². The molecule has 4 atom stereocenters. The molecule has 6 N–H and O–H groups in total. The lowest BCUT2D eigenvalue weighted by Gasteiger charge is -2.28. The molecule has 116 valence electrons. The number of carbonyl (C=O) groups excluding carboxylic acids is 1. The van der Waals surface area contributed by atoms with Crippen molar-refractivity contribution in [1.82, 2.24) is 9.55 Å². The molecule has 1 aromatic rings. The van der Waals surface area contributed by atoms with Gasteiger partial charge in [-0.05, 0) is 0 Å². The summed E-state index contributed by atoms with van der Waals surface area (Å²) in [5.41, 5.74) is 1.36. The second-order valence-electron chi connectivity index (χ2n) is 4.79. The van der Waals surface area contributed by atoms with E-state index in [2.05, 4.69) is 0 Å². The van der Waals surface area contributed by atoms with E-state index in [0.29, 0.717) is 0 Å². The number of aliphatic hydroxyl groups is 3. The van der Waals surface area contributed by atoms with E-state index in [1.165, 1.54) is 0 Å². The number of primary amides is 1. The number of amides is 1. The Balaban J connectivity index is 2.41. The van der Waals surface area contributed by atoms with Gasteiger partial charge in [0.2, 0.25) is 5.91 Å². The zero-order valence-corrected chi connectivity index (χ0v) is 10.8. The maximum atomic E-state index is 11.7. The first-order chi connectivity index (χ1) is 9.79. The van der Waals surface area contributed by atoms with Crippen LogP contribution >= 0.6 is 0 Å². The quantitative estimate of drug-likeness (QED) is 0.382. The molecule has 1 aliphatic heterocycles. The molecule has 0 saturated carbocycles. The average Bonchev–Trinajstić information content (AvgIpc) is 2.62. The van der Waals surface area contributed by atoms with Gasteiger partial charge in [0, 0.05) is 12.3 Å². The zero-order valence-electron chi connectivity index (χ0n) is 10.8. The molecule has 10 nitrogen and oxygen atoms in total. The highest BCUT2D eigenvalue weighted by Crippen LogP contribution is 2.38. The van der Waals surface area contributed by atoms with Gasteiger partial charge in [0.15, 0.2) is 6.23 Å². The fraction of sp³-hybridized carbons (Fsp3) is 0.545. The predicted molar refractivity (Wildman–Crippen MR) is 67.1 cm³/mol. The Kier molecular flexibility index (Phi) is 3.96. The van der Waals surface area contributed by atoms with E-state index < -0.39 is 54.2 Å². The van der Waals surface area contributed by atoms with Crippen LogP contribution in [0.3, 0.4) is 0 Å². The second-order valence-corrected chi connectivity index (χ2v) is 4.79. The molecule has 0 bridgehead atoms. The number of carbonyl (C=O) groups is 1. The molecule has 0 aliphatic carbocycles. The largest absolute Gasteiger partial charge is 0.394 e. The number of nitrogens with two attached hydrogens (primary N) is 1. The predicted octanol–water partition coefficient (Wildman–Crippen LogP) is -3.61. The van der Waals surface area contributed by atoms with Gasteiger partial charge in [-0.2, -0.15) is 0 Å². The Morgan fingerprint density at radius 2 is 2.19 bits per heavy atom. The number of aromatic nitrogens is 2. The molecule has 10 heteroatoms. The van der Waals surface area contributed by atoms with Crippen molar-refractivity contribution < 1.29 is 24.9 Å². The van der Waals surface area contributed by atoms with Gasteiger partial charge in [-0.15, -0.1) is 0 Å². The molecule has 21 heavy (non-hydrogen) atoms. The minimum absolute atomic E-state index is 0.644. The molecule has 1 aromatic heterocycles. The standard InChI is InChI=1S/C11H15N3O7/c12-6(16)3-11(20)5(4-15)21-9(8(11)18)14-2-1-7(17)13-10(14)19/h1-2,5,8-9,15,18,20H,3-4H2,(H2,12,16)(H,13,17,19)/t5-,8+,9-,11-/m1/s1. The van der Waals surface area contributed by atoms with Crippen molar-refractivity contribution in [2.24, 2.45) is 5.73 Å². The Bertz CT molecular complexity index is 654. The molecule has 0 spiro atoms. The molecule has 1 fully saturated rings. The van der Waals surface area contributed by atoms with Crippen LogP contribution in [-0.4, -0.2) is 55.2 Å². The summed E-state index contributed by atoms with van der Waals surface area (Å²) in [7, 11) is 0. The van der Waals surface area contributed by atoms with E-state index >= 15 is 0 Å². The van der Waals surface area contributed by atoms with Gasteiger partial charge in [0.1, 0.15) is 17.8 Å². The Labute approximate surface area is 117 Å². The number of hydrogen-bond acceptors (Lipinski definition) is 7. The molecule has 0 aromatic carbocycles. The van der Waals surface area contributed by atoms with Crippen LogP contribution in [0.4, 0.5) is 0 Å². The maximum absolute atomic E-state index is 11.7. The summed E-state index contributed by atoms with van der Waals surface area (Å²) < 4.78 is 6.07. The first-order valence-corrected chi connectivity index (χ1v) is 6.06. The van der Waals surface area contributed by atoms with Crippen LogP contribution in [0.5, 0.6) is 0 Å². The molecular formula is C11H15N3O7. The fourth-order valence-corrected chi connectivity index (χ4v) is 2.34. The van der Waals surface area contributed by atoms with Gasteiger partial charge in [-0.25, -0.2) is 4.79 Å². The number of aliphatic hydroxyl groups excluding tert-OH is 2. The van der Waals surface area contributed by atoms with Gasteiger partial charge in [-0.3, -0.25) is 19.1 Å². The summed E-state index contributed by atoms with van der Waals surface area (Å²) in [4.78, 5) is 35.7. The number of nitrogens with one attached hydrogen (secondary N) is 1.